The Kier molecular flexibility index (Phi) is 4.69. The number of ether oxygens (including phenoxy) is 1. The van der Waals surface area contributed by atoms with Gasteiger partial charge in [-0.05, 0) is 50.2 Å². The number of hydrogen-bond donors (Lipinski definition) is 0. The van der Waals surface area contributed by atoms with Gasteiger partial charge in [-0.25, -0.2) is 8.42 Å². The topological polar surface area (TPSA) is 59.8 Å². The molecule has 0 saturated heterocycles. The molecule has 6 heteroatoms. The third kappa shape index (κ3) is 3.86. The van der Waals surface area contributed by atoms with Crippen molar-refractivity contribution < 1.29 is 17.6 Å². The van der Waals surface area contributed by atoms with Crippen molar-refractivity contribution in [2.75, 3.05) is 7.05 Å². The van der Waals surface area contributed by atoms with Gasteiger partial charge in [-0.15, -0.1) is 0 Å². The monoisotopic (exact) mass is 309 g/mol. The first-order valence-corrected chi connectivity index (χ1v) is 8.09. The van der Waals surface area contributed by atoms with Crippen LogP contribution in [0.4, 0.5) is 0 Å². The summed E-state index contributed by atoms with van der Waals surface area (Å²) in [6, 6.07) is 9.89. The van der Waals surface area contributed by atoms with E-state index in [4.69, 9.17) is 9.15 Å². The molecule has 114 valence electrons. The summed E-state index contributed by atoms with van der Waals surface area (Å²) in [7, 11) is -2.02. The van der Waals surface area contributed by atoms with Crippen molar-refractivity contribution in [2.24, 2.45) is 0 Å². The second kappa shape index (κ2) is 6.32. The van der Waals surface area contributed by atoms with Crippen LogP contribution in [-0.2, 0) is 16.6 Å². The molecule has 2 rings (SSSR count). The van der Waals surface area contributed by atoms with Gasteiger partial charge < -0.3 is 9.15 Å². The minimum absolute atomic E-state index is 0.0501. The number of furan rings is 1. The molecule has 0 aliphatic heterocycles. The molecule has 1 aromatic heterocycles. The average molecular weight is 309 g/mol. The first-order chi connectivity index (χ1) is 9.89. The minimum Gasteiger partial charge on any atom is -0.491 e. The lowest BCUT2D eigenvalue weighted by Crippen LogP contribution is -2.26. The predicted octanol–water partition coefficient (Wildman–Crippen LogP) is 2.89. The Morgan fingerprint density at radius 3 is 2.38 bits per heavy atom. The second-order valence-corrected chi connectivity index (χ2v) is 7.02. The van der Waals surface area contributed by atoms with Crippen LogP contribution in [0.5, 0.6) is 5.75 Å². The summed E-state index contributed by atoms with van der Waals surface area (Å²) in [5.74, 6) is 1.25. The number of rotatable bonds is 6. The van der Waals surface area contributed by atoms with Crippen molar-refractivity contribution in [1.29, 1.82) is 0 Å². The third-order valence-electron chi connectivity index (χ3n) is 2.86. The molecule has 0 unspecified atom stereocenters. The zero-order valence-electron chi connectivity index (χ0n) is 12.3. The Balaban J connectivity index is 2.15. The molecule has 0 fully saturated rings. The van der Waals surface area contributed by atoms with E-state index in [1.807, 2.05) is 13.8 Å². The first kappa shape index (κ1) is 15.6. The van der Waals surface area contributed by atoms with Gasteiger partial charge in [0.1, 0.15) is 11.5 Å². The van der Waals surface area contributed by atoms with Gasteiger partial charge in [-0.2, -0.15) is 4.31 Å². The van der Waals surface area contributed by atoms with Crippen LogP contribution in [0.3, 0.4) is 0 Å². The van der Waals surface area contributed by atoms with E-state index < -0.39 is 10.0 Å². The highest BCUT2D eigenvalue weighted by Gasteiger charge is 2.21. The van der Waals surface area contributed by atoms with Crippen molar-refractivity contribution in [1.82, 2.24) is 4.31 Å². The van der Waals surface area contributed by atoms with Crippen molar-refractivity contribution in [3.05, 3.63) is 48.4 Å². The number of nitrogens with zero attached hydrogens (tertiary/aromatic N) is 1. The molecule has 0 N–H and O–H groups in total. The van der Waals surface area contributed by atoms with E-state index in [1.54, 1.807) is 36.4 Å². The molecule has 0 radical (unpaired) electrons. The Hall–Kier alpha value is -1.79. The molecular formula is C15H19NO4S. The summed E-state index contributed by atoms with van der Waals surface area (Å²) >= 11 is 0. The van der Waals surface area contributed by atoms with Crippen LogP contribution < -0.4 is 4.74 Å². The Morgan fingerprint density at radius 2 is 1.86 bits per heavy atom. The molecular weight excluding hydrogens is 290 g/mol. The highest BCUT2D eigenvalue weighted by atomic mass is 32.2. The molecule has 1 heterocycles. The Labute approximate surface area is 125 Å². The third-order valence-corrected chi connectivity index (χ3v) is 4.68. The van der Waals surface area contributed by atoms with Crippen molar-refractivity contribution in [2.45, 2.75) is 31.4 Å². The second-order valence-electron chi connectivity index (χ2n) is 4.98. The summed E-state index contributed by atoms with van der Waals surface area (Å²) in [5, 5.41) is 0. The van der Waals surface area contributed by atoms with Crippen LogP contribution in [0, 0.1) is 0 Å². The number of hydrogen-bond acceptors (Lipinski definition) is 4. The van der Waals surface area contributed by atoms with E-state index >= 15 is 0 Å². The van der Waals surface area contributed by atoms with Gasteiger partial charge in [0.2, 0.25) is 10.0 Å². The molecule has 0 aliphatic rings. The number of sulfonamides is 1. The van der Waals surface area contributed by atoms with Gasteiger partial charge in [0, 0.05) is 7.05 Å². The lowest BCUT2D eigenvalue weighted by atomic mass is 10.3. The van der Waals surface area contributed by atoms with Crippen molar-refractivity contribution in [3.63, 3.8) is 0 Å². The number of benzene rings is 1. The summed E-state index contributed by atoms with van der Waals surface area (Å²) < 4.78 is 36.8. The summed E-state index contributed by atoms with van der Waals surface area (Å²) in [6.07, 6.45) is 1.57. The van der Waals surface area contributed by atoms with Crippen LogP contribution in [0.1, 0.15) is 19.6 Å². The normalized spacial score (nSPS) is 12.0. The van der Waals surface area contributed by atoms with E-state index in [-0.39, 0.29) is 17.5 Å². The molecule has 0 saturated carbocycles. The van der Waals surface area contributed by atoms with Gasteiger partial charge in [0.05, 0.1) is 23.8 Å². The summed E-state index contributed by atoms with van der Waals surface area (Å²) in [5.41, 5.74) is 0. The predicted molar refractivity (Wildman–Crippen MR) is 79.6 cm³/mol. The summed E-state index contributed by atoms with van der Waals surface area (Å²) in [6.45, 7) is 4.03. The lowest BCUT2D eigenvalue weighted by Gasteiger charge is -2.16. The largest absolute Gasteiger partial charge is 0.491 e. The Bertz CT molecular complexity index is 660. The van der Waals surface area contributed by atoms with Crippen LogP contribution >= 0.6 is 0 Å². The fourth-order valence-corrected chi connectivity index (χ4v) is 2.99. The molecule has 0 amide bonds. The molecule has 0 atom stereocenters. The molecule has 5 nitrogen and oxygen atoms in total. The quantitative estimate of drug-likeness (QED) is 0.823. The van der Waals surface area contributed by atoms with E-state index in [2.05, 4.69) is 0 Å². The first-order valence-electron chi connectivity index (χ1n) is 6.65. The van der Waals surface area contributed by atoms with Gasteiger partial charge in [0.15, 0.2) is 0 Å². The maximum absolute atomic E-state index is 12.4. The van der Waals surface area contributed by atoms with Crippen molar-refractivity contribution >= 4 is 10.0 Å². The molecule has 0 bridgehead atoms. The van der Waals surface area contributed by atoms with Crippen LogP contribution in [0.2, 0.25) is 0 Å². The zero-order valence-corrected chi connectivity index (χ0v) is 13.1. The molecule has 0 aliphatic carbocycles. The molecule has 1 aromatic carbocycles. The maximum Gasteiger partial charge on any atom is 0.243 e. The molecule has 21 heavy (non-hydrogen) atoms. The fourth-order valence-electron chi connectivity index (χ4n) is 1.85. The summed E-state index contributed by atoms with van der Waals surface area (Å²) in [4.78, 5) is 0.229. The van der Waals surface area contributed by atoms with Crippen LogP contribution in [0.15, 0.2) is 52.0 Å². The smallest absolute Gasteiger partial charge is 0.243 e. The van der Waals surface area contributed by atoms with Crippen LogP contribution in [0.25, 0.3) is 0 Å². The highest BCUT2D eigenvalue weighted by Crippen LogP contribution is 2.20. The standard InChI is InChI=1S/C15H19NO4S/c1-12(2)20-13-6-8-15(9-7-13)21(17,18)16(3)11-14-5-4-10-19-14/h4-10,12H,11H2,1-3H3. The van der Waals surface area contributed by atoms with E-state index in [0.717, 1.165) is 0 Å². The fraction of sp³-hybridized carbons (Fsp3) is 0.333. The highest BCUT2D eigenvalue weighted by molar-refractivity contribution is 7.89. The molecule has 0 spiro atoms. The SMILES string of the molecule is CC(C)Oc1ccc(S(=O)(=O)N(C)Cc2ccco2)cc1. The van der Waals surface area contributed by atoms with Gasteiger partial charge in [0.25, 0.3) is 0 Å². The van der Waals surface area contributed by atoms with Gasteiger partial charge in [-0.1, -0.05) is 0 Å². The van der Waals surface area contributed by atoms with E-state index in [9.17, 15) is 8.42 Å². The maximum atomic E-state index is 12.4. The zero-order chi connectivity index (χ0) is 15.5. The van der Waals surface area contributed by atoms with E-state index in [1.165, 1.54) is 17.6 Å². The minimum atomic E-state index is -3.54. The lowest BCUT2D eigenvalue weighted by molar-refractivity contribution is 0.242. The van der Waals surface area contributed by atoms with Gasteiger partial charge in [-0.3, -0.25) is 0 Å². The van der Waals surface area contributed by atoms with Crippen molar-refractivity contribution in [3.8, 4) is 5.75 Å². The van der Waals surface area contributed by atoms with Crippen LogP contribution in [-0.4, -0.2) is 25.9 Å². The van der Waals surface area contributed by atoms with E-state index in [0.29, 0.717) is 11.5 Å². The average Bonchev–Trinajstić information content (AvgIpc) is 2.91. The van der Waals surface area contributed by atoms with Gasteiger partial charge >= 0.3 is 0 Å². The molecule has 2 aromatic rings. The Morgan fingerprint density at radius 1 is 1.19 bits per heavy atom.